The molecule has 1 heterocycles. The Morgan fingerprint density at radius 1 is 1.21 bits per heavy atom. The number of rotatable bonds is 5. The Balaban J connectivity index is 1.92. The number of hydrogen-bond donors (Lipinski definition) is 1. The molecule has 2 rings (SSSR count). The Morgan fingerprint density at radius 3 is 2.53 bits per heavy atom. The molecule has 0 saturated heterocycles. The largest absolute Gasteiger partial charge is 0.407 e. The molecule has 1 aliphatic carbocycles. The van der Waals surface area contributed by atoms with Crippen molar-refractivity contribution >= 4 is 6.01 Å². The second-order valence-electron chi connectivity index (χ2n) is 5.77. The lowest BCUT2D eigenvalue weighted by Crippen LogP contribution is -2.31. The van der Waals surface area contributed by atoms with Crippen molar-refractivity contribution in [1.82, 2.24) is 15.5 Å². The standard InChI is InChI=1S/C14H26N4O/c1-11(2)15-10-13-16-17-14(19-13)18(3)12-8-6-4-5-7-9-12/h11-12,15H,4-10H2,1-3H3. The predicted octanol–water partition coefficient (Wildman–Crippen LogP) is 2.73. The maximum Gasteiger partial charge on any atom is 0.318 e. The van der Waals surface area contributed by atoms with Crippen LogP contribution in [-0.4, -0.2) is 29.3 Å². The first-order valence-electron chi connectivity index (χ1n) is 7.45. The maximum atomic E-state index is 5.73. The van der Waals surface area contributed by atoms with Crippen LogP contribution in [0.5, 0.6) is 0 Å². The van der Waals surface area contributed by atoms with Crippen LogP contribution < -0.4 is 10.2 Å². The van der Waals surface area contributed by atoms with Gasteiger partial charge in [0, 0.05) is 19.1 Å². The molecule has 108 valence electrons. The summed E-state index contributed by atoms with van der Waals surface area (Å²) in [4.78, 5) is 2.16. The number of aromatic nitrogens is 2. The van der Waals surface area contributed by atoms with E-state index in [-0.39, 0.29) is 0 Å². The van der Waals surface area contributed by atoms with Crippen molar-refractivity contribution in [3.8, 4) is 0 Å². The fourth-order valence-electron chi connectivity index (χ4n) is 2.55. The van der Waals surface area contributed by atoms with Crippen molar-refractivity contribution in [1.29, 1.82) is 0 Å². The third-order valence-corrected chi connectivity index (χ3v) is 3.79. The molecular weight excluding hydrogens is 240 g/mol. The Bertz CT molecular complexity index is 369. The third-order valence-electron chi connectivity index (χ3n) is 3.79. The minimum Gasteiger partial charge on any atom is -0.407 e. The molecule has 1 aromatic heterocycles. The van der Waals surface area contributed by atoms with E-state index in [9.17, 15) is 0 Å². The van der Waals surface area contributed by atoms with Crippen LogP contribution in [0.2, 0.25) is 0 Å². The zero-order valence-corrected chi connectivity index (χ0v) is 12.4. The molecule has 0 spiro atoms. The number of nitrogens with one attached hydrogen (secondary N) is 1. The summed E-state index contributed by atoms with van der Waals surface area (Å²) in [5.74, 6) is 0.671. The summed E-state index contributed by atoms with van der Waals surface area (Å²) in [5.41, 5.74) is 0. The number of hydrogen-bond acceptors (Lipinski definition) is 5. The molecule has 1 fully saturated rings. The molecule has 0 aliphatic heterocycles. The van der Waals surface area contributed by atoms with Gasteiger partial charge in [-0.05, 0) is 12.8 Å². The van der Waals surface area contributed by atoms with Gasteiger partial charge >= 0.3 is 6.01 Å². The molecular formula is C14H26N4O. The Labute approximate surface area is 115 Å². The van der Waals surface area contributed by atoms with Gasteiger partial charge in [-0.25, -0.2) is 0 Å². The lowest BCUT2D eigenvalue weighted by Gasteiger charge is -2.24. The highest BCUT2D eigenvalue weighted by molar-refractivity contribution is 5.24. The van der Waals surface area contributed by atoms with Gasteiger partial charge in [0.25, 0.3) is 0 Å². The minimum absolute atomic E-state index is 0.426. The van der Waals surface area contributed by atoms with Crippen LogP contribution in [-0.2, 0) is 6.54 Å². The SMILES string of the molecule is CC(C)NCc1nnc(N(C)C2CCCCCC2)o1. The van der Waals surface area contributed by atoms with Gasteiger partial charge in [-0.1, -0.05) is 44.6 Å². The van der Waals surface area contributed by atoms with Crippen molar-refractivity contribution in [3.05, 3.63) is 5.89 Å². The van der Waals surface area contributed by atoms with Crippen LogP contribution in [0.3, 0.4) is 0 Å². The van der Waals surface area contributed by atoms with Crippen LogP contribution in [0.25, 0.3) is 0 Å². The third kappa shape index (κ3) is 4.20. The fourth-order valence-corrected chi connectivity index (χ4v) is 2.55. The van der Waals surface area contributed by atoms with E-state index in [4.69, 9.17) is 4.42 Å². The minimum atomic E-state index is 0.426. The van der Waals surface area contributed by atoms with Gasteiger partial charge in [-0.15, -0.1) is 5.10 Å². The Hall–Kier alpha value is -1.10. The van der Waals surface area contributed by atoms with Crippen molar-refractivity contribution in [3.63, 3.8) is 0 Å². The lowest BCUT2D eigenvalue weighted by atomic mass is 10.1. The smallest absolute Gasteiger partial charge is 0.318 e. The molecule has 0 radical (unpaired) electrons. The quantitative estimate of drug-likeness (QED) is 0.830. The molecule has 0 atom stereocenters. The molecule has 1 saturated carbocycles. The van der Waals surface area contributed by atoms with Crippen molar-refractivity contribution in [2.45, 2.75) is 71.0 Å². The van der Waals surface area contributed by atoms with Crippen molar-refractivity contribution < 1.29 is 4.42 Å². The van der Waals surface area contributed by atoms with Gasteiger partial charge in [0.05, 0.1) is 6.54 Å². The summed E-state index contributed by atoms with van der Waals surface area (Å²) in [5, 5.41) is 11.6. The molecule has 5 nitrogen and oxygen atoms in total. The van der Waals surface area contributed by atoms with Crippen LogP contribution >= 0.6 is 0 Å². The number of anilines is 1. The lowest BCUT2D eigenvalue weighted by molar-refractivity contribution is 0.432. The Kier molecular flexibility index (Phi) is 5.19. The Morgan fingerprint density at radius 2 is 1.89 bits per heavy atom. The summed E-state index contributed by atoms with van der Waals surface area (Å²) in [6, 6.07) is 1.64. The summed E-state index contributed by atoms with van der Waals surface area (Å²) in [6.45, 7) is 4.85. The van der Waals surface area contributed by atoms with E-state index in [0.29, 0.717) is 30.5 Å². The first kappa shape index (κ1) is 14.3. The van der Waals surface area contributed by atoms with Gasteiger partial charge in [0.1, 0.15) is 0 Å². The van der Waals surface area contributed by atoms with E-state index in [2.05, 4.69) is 41.3 Å². The van der Waals surface area contributed by atoms with Crippen molar-refractivity contribution in [2.24, 2.45) is 0 Å². The average Bonchev–Trinajstić information content (AvgIpc) is 2.69. The summed E-state index contributed by atoms with van der Waals surface area (Å²) >= 11 is 0. The van der Waals surface area contributed by atoms with E-state index >= 15 is 0 Å². The second-order valence-corrected chi connectivity index (χ2v) is 5.77. The monoisotopic (exact) mass is 266 g/mol. The zero-order valence-electron chi connectivity index (χ0n) is 12.4. The topological polar surface area (TPSA) is 54.2 Å². The van der Waals surface area contributed by atoms with E-state index in [1.807, 2.05) is 0 Å². The van der Waals surface area contributed by atoms with E-state index in [0.717, 1.165) is 0 Å². The summed E-state index contributed by atoms with van der Waals surface area (Å²) in [7, 11) is 2.07. The predicted molar refractivity (Wildman–Crippen MR) is 76.2 cm³/mol. The molecule has 0 aromatic carbocycles. The van der Waals surface area contributed by atoms with Gasteiger partial charge in [-0.3, -0.25) is 0 Å². The van der Waals surface area contributed by atoms with Crippen LogP contribution in [0.1, 0.15) is 58.3 Å². The van der Waals surface area contributed by atoms with Gasteiger partial charge in [0.15, 0.2) is 0 Å². The van der Waals surface area contributed by atoms with E-state index in [1.165, 1.54) is 38.5 Å². The maximum absolute atomic E-state index is 5.73. The highest BCUT2D eigenvalue weighted by Crippen LogP contribution is 2.24. The highest BCUT2D eigenvalue weighted by Gasteiger charge is 2.21. The number of nitrogens with zero attached hydrogens (tertiary/aromatic N) is 3. The van der Waals surface area contributed by atoms with E-state index < -0.39 is 0 Å². The van der Waals surface area contributed by atoms with E-state index in [1.54, 1.807) is 0 Å². The van der Waals surface area contributed by atoms with Gasteiger partial charge in [0.2, 0.25) is 5.89 Å². The second kappa shape index (κ2) is 6.89. The van der Waals surface area contributed by atoms with Crippen LogP contribution in [0.4, 0.5) is 6.01 Å². The molecule has 1 N–H and O–H groups in total. The van der Waals surface area contributed by atoms with Crippen molar-refractivity contribution in [2.75, 3.05) is 11.9 Å². The molecule has 19 heavy (non-hydrogen) atoms. The fraction of sp³-hybridized carbons (Fsp3) is 0.857. The zero-order chi connectivity index (χ0) is 13.7. The molecule has 0 bridgehead atoms. The summed E-state index contributed by atoms with van der Waals surface area (Å²) < 4.78 is 5.73. The molecule has 1 aliphatic rings. The van der Waals surface area contributed by atoms with Crippen LogP contribution in [0, 0.1) is 0 Å². The molecule has 5 heteroatoms. The molecule has 1 aromatic rings. The van der Waals surface area contributed by atoms with Gasteiger partial charge in [-0.2, -0.15) is 0 Å². The van der Waals surface area contributed by atoms with Crippen LogP contribution in [0.15, 0.2) is 4.42 Å². The molecule has 0 unspecified atom stereocenters. The highest BCUT2D eigenvalue weighted by atomic mass is 16.4. The first-order chi connectivity index (χ1) is 9.16. The summed E-state index contributed by atoms with van der Waals surface area (Å²) in [6.07, 6.45) is 7.81. The average molecular weight is 266 g/mol. The molecule has 0 amide bonds. The first-order valence-corrected chi connectivity index (χ1v) is 7.45. The van der Waals surface area contributed by atoms with Gasteiger partial charge < -0.3 is 14.6 Å². The normalized spacial score (nSPS) is 17.7.